The summed E-state index contributed by atoms with van der Waals surface area (Å²) in [6.45, 7) is 4.84. The van der Waals surface area contributed by atoms with Crippen molar-refractivity contribution in [3.63, 3.8) is 0 Å². The van der Waals surface area contributed by atoms with Crippen LogP contribution in [0, 0.1) is 5.92 Å². The zero-order chi connectivity index (χ0) is 12.0. The third kappa shape index (κ3) is 4.83. The highest BCUT2D eigenvalue weighted by Crippen LogP contribution is 2.32. The largest absolute Gasteiger partial charge is 0.378 e. The molecule has 4 heteroatoms. The van der Waals surface area contributed by atoms with Crippen LogP contribution in [-0.2, 0) is 9.53 Å². The lowest BCUT2D eigenvalue weighted by molar-refractivity contribution is -0.124. The van der Waals surface area contributed by atoms with Crippen LogP contribution in [0.25, 0.3) is 0 Å². The molecule has 0 aromatic carbocycles. The number of carbonyl (C=O) groups excluding carboxylic acids is 1. The number of alkyl halides is 1. The first kappa shape index (κ1) is 14.0. The van der Waals surface area contributed by atoms with Crippen LogP contribution in [0.2, 0.25) is 0 Å². The van der Waals surface area contributed by atoms with Gasteiger partial charge in [0, 0.05) is 24.4 Å². The average Bonchev–Trinajstić information content (AvgIpc) is 2.14. The standard InChI is InChI=1S/C12H22BrNO2/c1-3-16-11-6-10(7-11)8-12(15)14-9(2)4-5-13/h9-11H,3-8H2,1-2H3,(H,14,15). The van der Waals surface area contributed by atoms with Gasteiger partial charge < -0.3 is 10.1 Å². The van der Waals surface area contributed by atoms with Crippen LogP contribution < -0.4 is 5.32 Å². The summed E-state index contributed by atoms with van der Waals surface area (Å²) in [5.41, 5.74) is 0. The second-order valence-electron chi connectivity index (χ2n) is 4.57. The second kappa shape index (κ2) is 7.28. The van der Waals surface area contributed by atoms with Crippen LogP contribution >= 0.6 is 15.9 Å². The van der Waals surface area contributed by atoms with E-state index < -0.39 is 0 Å². The van der Waals surface area contributed by atoms with Crippen molar-refractivity contribution in [2.24, 2.45) is 5.92 Å². The molecule has 1 saturated carbocycles. The zero-order valence-corrected chi connectivity index (χ0v) is 11.8. The Morgan fingerprint density at radius 2 is 2.25 bits per heavy atom. The van der Waals surface area contributed by atoms with Gasteiger partial charge in [0.05, 0.1) is 6.10 Å². The number of carbonyl (C=O) groups is 1. The lowest BCUT2D eigenvalue weighted by Gasteiger charge is -2.34. The molecule has 0 spiro atoms. The molecule has 16 heavy (non-hydrogen) atoms. The number of hydrogen-bond acceptors (Lipinski definition) is 2. The molecule has 0 saturated heterocycles. The van der Waals surface area contributed by atoms with E-state index in [1.165, 1.54) is 0 Å². The molecule has 1 fully saturated rings. The lowest BCUT2D eigenvalue weighted by atomic mass is 9.80. The van der Waals surface area contributed by atoms with Crippen molar-refractivity contribution in [3.8, 4) is 0 Å². The van der Waals surface area contributed by atoms with Gasteiger partial charge in [0.25, 0.3) is 0 Å². The minimum atomic E-state index is 0.188. The molecule has 94 valence electrons. The predicted octanol–water partition coefficient (Wildman–Crippen LogP) is 2.48. The molecule has 0 radical (unpaired) electrons. The summed E-state index contributed by atoms with van der Waals surface area (Å²) in [6, 6.07) is 0.273. The highest BCUT2D eigenvalue weighted by Gasteiger charge is 2.31. The van der Waals surface area contributed by atoms with Crippen molar-refractivity contribution in [1.29, 1.82) is 0 Å². The first-order chi connectivity index (χ1) is 7.65. The van der Waals surface area contributed by atoms with Crippen molar-refractivity contribution in [2.45, 2.75) is 51.7 Å². The van der Waals surface area contributed by atoms with Gasteiger partial charge in [-0.25, -0.2) is 0 Å². The molecule has 0 aliphatic heterocycles. The fraction of sp³-hybridized carbons (Fsp3) is 0.917. The number of rotatable bonds is 7. The van der Waals surface area contributed by atoms with Crippen molar-refractivity contribution in [2.75, 3.05) is 11.9 Å². The van der Waals surface area contributed by atoms with Gasteiger partial charge in [-0.05, 0) is 39.0 Å². The molecule has 1 aliphatic carbocycles. The normalized spacial score (nSPS) is 25.9. The molecular formula is C12H22BrNO2. The summed E-state index contributed by atoms with van der Waals surface area (Å²) in [5, 5.41) is 3.95. The van der Waals surface area contributed by atoms with E-state index in [2.05, 4.69) is 21.2 Å². The van der Waals surface area contributed by atoms with Gasteiger partial charge >= 0.3 is 0 Å². The van der Waals surface area contributed by atoms with Crippen LogP contribution in [0.4, 0.5) is 0 Å². The van der Waals surface area contributed by atoms with Gasteiger partial charge in [-0.2, -0.15) is 0 Å². The molecular weight excluding hydrogens is 270 g/mol. The summed E-state index contributed by atoms with van der Waals surface area (Å²) >= 11 is 3.37. The van der Waals surface area contributed by atoms with Gasteiger partial charge in [-0.15, -0.1) is 0 Å². The first-order valence-electron chi connectivity index (χ1n) is 6.12. The summed E-state index contributed by atoms with van der Waals surface area (Å²) < 4.78 is 5.47. The Morgan fingerprint density at radius 1 is 1.56 bits per heavy atom. The van der Waals surface area contributed by atoms with Crippen molar-refractivity contribution >= 4 is 21.8 Å². The van der Waals surface area contributed by atoms with E-state index in [0.717, 1.165) is 31.2 Å². The van der Waals surface area contributed by atoms with Crippen LogP contribution in [0.3, 0.4) is 0 Å². The summed E-state index contributed by atoms with van der Waals surface area (Å²) in [7, 11) is 0. The fourth-order valence-electron chi connectivity index (χ4n) is 2.04. The maximum absolute atomic E-state index is 11.6. The quantitative estimate of drug-likeness (QED) is 0.732. The number of ether oxygens (including phenoxy) is 1. The first-order valence-corrected chi connectivity index (χ1v) is 7.24. The Balaban J connectivity index is 2.07. The molecule has 1 amide bonds. The number of amides is 1. The van der Waals surface area contributed by atoms with Gasteiger partial charge in [-0.1, -0.05) is 15.9 Å². The molecule has 3 nitrogen and oxygen atoms in total. The lowest BCUT2D eigenvalue weighted by Crippen LogP contribution is -2.38. The Hall–Kier alpha value is -0.0900. The van der Waals surface area contributed by atoms with Crippen LogP contribution in [-0.4, -0.2) is 30.0 Å². The minimum absolute atomic E-state index is 0.188. The third-order valence-electron chi connectivity index (χ3n) is 3.02. The number of halogens is 1. The van der Waals surface area contributed by atoms with Gasteiger partial charge in [0.2, 0.25) is 5.91 Å². The van der Waals surface area contributed by atoms with Crippen LogP contribution in [0.15, 0.2) is 0 Å². The van der Waals surface area contributed by atoms with E-state index >= 15 is 0 Å². The Morgan fingerprint density at radius 3 is 2.81 bits per heavy atom. The van der Waals surface area contributed by atoms with Gasteiger partial charge in [-0.3, -0.25) is 4.79 Å². The Labute approximate surface area is 106 Å². The topological polar surface area (TPSA) is 38.3 Å². The molecule has 0 heterocycles. The highest BCUT2D eigenvalue weighted by molar-refractivity contribution is 9.09. The van der Waals surface area contributed by atoms with E-state index in [4.69, 9.17) is 4.74 Å². The number of hydrogen-bond donors (Lipinski definition) is 1. The van der Waals surface area contributed by atoms with E-state index in [1.807, 2.05) is 13.8 Å². The average molecular weight is 292 g/mol. The van der Waals surface area contributed by atoms with E-state index in [9.17, 15) is 4.79 Å². The fourth-order valence-corrected chi connectivity index (χ4v) is 2.73. The monoisotopic (exact) mass is 291 g/mol. The second-order valence-corrected chi connectivity index (χ2v) is 5.36. The molecule has 0 aromatic rings. The Bertz CT molecular complexity index is 217. The zero-order valence-electron chi connectivity index (χ0n) is 10.2. The van der Waals surface area contributed by atoms with Gasteiger partial charge in [0.15, 0.2) is 0 Å². The number of nitrogens with one attached hydrogen (secondary N) is 1. The summed E-state index contributed by atoms with van der Waals surface area (Å²) in [6.07, 6.45) is 4.15. The predicted molar refractivity (Wildman–Crippen MR) is 68.8 cm³/mol. The van der Waals surface area contributed by atoms with E-state index in [-0.39, 0.29) is 11.9 Å². The van der Waals surface area contributed by atoms with Crippen molar-refractivity contribution in [1.82, 2.24) is 5.32 Å². The highest BCUT2D eigenvalue weighted by atomic mass is 79.9. The maximum atomic E-state index is 11.6. The molecule has 1 aliphatic rings. The molecule has 1 unspecified atom stereocenters. The summed E-state index contributed by atoms with van der Waals surface area (Å²) in [5.74, 6) is 0.723. The summed E-state index contributed by atoms with van der Waals surface area (Å²) in [4.78, 5) is 11.6. The smallest absolute Gasteiger partial charge is 0.220 e. The van der Waals surface area contributed by atoms with Gasteiger partial charge in [0.1, 0.15) is 0 Å². The van der Waals surface area contributed by atoms with Crippen molar-refractivity contribution < 1.29 is 9.53 Å². The minimum Gasteiger partial charge on any atom is -0.378 e. The van der Waals surface area contributed by atoms with Crippen LogP contribution in [0.5, 0.6) is 0 Å². The van der Waals surface area contributed by atoms with Crippen molar-refractivity contribution in [3.05, 3.63) is 0 Å². The van der Waals surface area contributed by atoms with Crippen LogP contribution in [0.1, 0.15) is 39.5 Å². The third-order valence-corrected chi connectivity index (χ3v) is 3.48. The molecule has 0 aromatic heterocycles. The Kier molecular flexibility index (Phi) is 6.36. The SMILES string of the molecule is CCOC1CC(CC(=O)NC(C)CCBr)C1. The molecule has 1 atom stereocenters. The molecule has 1 N–H and O–H groups in total. The molecule has 1 rings (SSSR count). The van der Waals surface area contributed by atoms with E-state index in [0.29, 0.717) is 18.4 Å². The maximum Gasteiger partial charge on any atom is 0.220 e. The molecule has 0 bridgehead atoms. The van der Waals surface area contributed by atoms with E-state index in [1.54, 1.807) is 0 Å².